The minimum atomic E-state index is -0.766. The fourth-order valence-electron chi connectivity index (χ4n) is 5.76. The highest BCUT2D eigenvalue weighted by atomic mass is 32.1. The molecular formula is C33H26F2N4O3S2. The van der Waals surface area contributed by atoms with E-state index in [1.165, 1.54) is 34.8 Å². The highest BCUT2D eigenvalue weighted by Crippen LogP contribution is 2.48. The monoisotopic (exact) mass is 628 g/mol. The summed E-state index contributed by atoms with van der Waals surface area (Å²) < 4.78 is 37.2. The number of carbonyl (C=O) groups excluding carboxylic acids is 2. The van der Waals surface area contributed by atoms with Gasteiger partial charge >= 0.3 is 0 Å². The first-order valence-corrected chi connectivity index (χ1v) is 15.8. The Balaban J connectivity index is 1.50. The van der Waals surface area contributed by atoms with Gasteiger partial charge in [-0.15, -0.1) is 22.7 Å². The van der Waals surface area contributed by atoms with Gasteiger partial charge in [-0.25, -0.2) is 18.7 Å². The maximum absolute atomic E-state index is 15.9. The van der Waals surface area contributed by atoms with Crippen LogP contribution in [0.15, 0.2) is 54.4 Å². The number of thiophene rings is 1. The molecule has 0 aliphatic carbocycles. The molecule has 1 N–H and O–H groups in total. The lowest BCUT2D eigenvalue weighted by Gasteiger charge is -2.24. The van der Waals surface area contributed by atoms with E-state index in [1.54, 1.807) is 24.8 Å². The second-order valence-corrected chi connectivity index (χ2v) is 12.9. The molecule has 11 heteroatoms. The summed E-state index contributed by atoms with van der Waals surface area (Å²) in [6, 6.07) is 9.60. The lowest BCUT2D eigenvalue weighted by molar-refractivity contribution is -0.126. The van der Waals surface area contributed by atoms with Crippen LogP contribution in [0.3, 0.4) is 0 Å². The highest BCUT2D eigenvalue weighted by Gasteiger charge is 2.30. The average Bonchev–Trinajstić information content (AvgIpc) is 3.74. The third kappa shape index (κ3) is 4.76. The Kier molecular flexibility index (Phi) is 7.01. The summed E-state index contributed by atoms with van der Waals surface area (Å²) in [6.45, 7) is 8.54. The number of thiazole rings is 1. The van der Waals surface area contributed by atoms with Gasteiger partial charge in [0.2, 0.25) is 5.91 Å². The van der Waals surface area contributed by atoms with E-state index in [9.17, 15) is 14.0 Å². The van der Waals surface area contributed by atoms with E-state index in [1.807, 2.05) is 23.6 Å². The van der Waals surface area contributed by atoms with Gasteiger partial charge < -0.3 is 15.0 Å². The Morgan fingerprint density at radius 2 is 1.98 bits per heavy atom. The predicted molar refractivity (Wildman–Crippen MR) is 168 cm³/mol. The molecule has 0 fully saturated rings. The van der Waals surface area contributed by atoms with Gasteiger partial charge in [-0.3, -0.25) is 9.59 Å². The standard InChI is InChI=1S/C33H26F2N4O3S2/c1-4-26(40)39-9-7-23-25(15-39)44-33(37-23)30-28(27-22(35)12-19(34)13-24(27)42-16(2)3)31-21(8-10-43-31)29(38-30)17-5-6-20-18(11-17)14-36-32(20)41/h4-6,8,10-13,16H,1,7,9,14-15H2,2-3H3,(H,36,41). The minimum Gasteiger partial charge on any atom is -0.490 e. The SMILES string of the molecule is C=CC(=O)N1CCc2nc(-c3nc(-c4ccc5c(c4)CNC5=O)c4ccsc4c3-c3c(F)cc(F)cc3OC(C)C)sc2C1. The molecule has 5 heterocycles. The number of halogens is 2. The number of ether oxygens (including phenoxy) is 1. The highest BCUT2D eigenvalue weighted by molar-refractivity contribution is 7.18. The smallest absolute Gasteiger partial charge is 0.251 e. The first-order chi connectivity index (χ1) is 21.2. The van der Waals surface area contributed by atoms with Crippen molar-refractivity contribution in [2.75, 3.05) is 6.54 Å². The number of hydrogen-bond acceptors (Lipinski definition) is 7. The van der Waals surface area contributed by atoms with E-state index in [0.29, 0.717) is 53.6 Å². The van der Waals surface area contributed by atoms with Crippen molar-refractivity contribution < 1.29 is 23.1 Å². The summed E-state index contributed by atoms with van der Waals surface area (Å²) >= 11 is 2.83. The maximum Gasteiger partial charge on any atom is 0.251 e. The van der Waals surface area contributed by atoms with Crippen molar-refractivity contribution in [2.45, 2.75) is 39.5 Å². The predicted octanol–water partition coefficient (Wildman–Crippen LogP) is 7.13. The van der Waals surface area contributed by atoms with E-state index < -0.39 is 11.6 Å². The second-order valence-electron chi connectivity index (χ2n) is 10.9. The van der Waals surface area contributed by atoms with Gasteiger partial charge in [0.25, 0.3) is 5.91 Å². The number of carbonyl (C=O) groups is 2. The molecule has 2 aromatic carbocycles. The molecule has 7 rings (SSSR count). The molecule has 44 heavy (non-hydrogen) atoms. The van der Waals surface area contributed by atoms with Crippen molar-refractivity contribution in [1.29, 1.82) is 0 Å². The van der Waals surface area contributed by atoms with E-state index in [0.717, 1.165) is 37.9 Å². The van der Waals surface area contributed by atoms with Crippen molar-refractivity contribution in [3.05, 3.63) is 87.8 Å². The molecule has 0 atom stereocenters. The Morgan fingerprint density at radius 3 is 2.77 bits per heavy atom. The number of nitrogens with zero attached hydrogens (tertiary/aromatic N) is 3. The molecule has 2 amide bonds. The van der Waals surface area contributed by atoms with Crippen LogP contribution in [0.4, 0.5) is 8.78 Å². The largest absolute Gasteiger partial charge is 0.490 e. The van der Waals surface area contributed by atoms with E-state index in [4.69, 9.17) is 14.7 Å². The normalized spacial score (nSPS) is 14.1. The van der Waals surface area contributed by atoms with Gasteiger partial charge in [-0.2, -0.15) is 0 Å². The van der Waals surface area contributed by atoms with Gasteiger partial charge in [0.05, 0.1) is 29.6 Å². The van der Waals surface area contributed by atoms with E-state index >= 15 is 4.39 Å². The molecular weight excluding hydrogens is 603 g/mol. The first kappa shape index (κ1) is 28.3. The summed E-state index contributed by atoms with van der Waals surface area (Å²) in [4.78, 5) is 37.4. The van der Waals surface area contributed by atoms with Gasteiger partial charge in [-0.05, 0) is 49.1 Å². The zero-order valence-electron chi connectivity index (χ0n) is 23.9. The minimum absolute atomic E-state index is 0.0780. The molecule has 0 radical (unpaired) electrons. The Hall–Kier alpha value is -4.48. The number of nitrogens with one attached hydrogen (secondary N) is 1. The van der Waals surface area contributed by atoms with E-state index in [-0.39, 0.29) is 29.2 Å². The maximum atomic E-state index is 15.9. The van der Waals surface area contributed by atoms with Crippen molar-refractivity contribution in [2.24, 2.45) is 0 Å². The number of amides is 2. The fraction of sp³-hybridized carbons (Fsp3) is 0.212. The summed E-state index contributed by atoms with van der Waals surface area (Å²) in [6.07, 6.45) is 1.53. The van der Waals surface area contributed by atoms with Crippen LogP contribution in [0.1, 0.15) is 40.3 Å². The van der Waals surface area contributed by atoms with Gasteiger partial charge in [0, 0.05) is 63.3 Å². The topological polar surface area (TPSA) is 84.4 Å². The number of benzene rings is 2. The zero-order valence-corrected chi connectivity index (χ0v) is 25.5. The Bertz CT molecular complexity index is 2020. The number of fused-ring (bicyclic) bond motifs is 3. The molecule has 2 aliphatic rings. The van der Waals surface area contributed by atoms with Gasteiger partial charge in [0.1, 0.15) is 28.1 Å². The zero-order chi connectivity index (χ0) is 30.7. The van der Waals surface area contributed by atoms with Gasteiger partial charge in [-0.1, -0.05) is 12.6 Å². The number of pyridine rings is 1. The van der Waals surface area contributed by atoms with Crippen LogP contribution in [-0.2, 0) is 24.3 Å². The van der Waals surface area contributed by atoms with Crippen LogP contribution in [0.5, 0.6) is 5.75 Å². The van der Waals surface area contributed by atoms with E-state index in [2.05, 4.69) is 11.9 Å². The van der Waals surface area contributed by atoms with Crippen molar-refractivity contribution in [3.63, 3.8) is 0 Å². The lowest BCUT2D eigenvalue weighted by Crippen LogP contribution is -2.34. The van der Waals surface area contributed by atoms with Crippen LogP contribution >= 0.6 is 22.7 Å². The Morgan fingerprint density at radius 1 is 1.14 bits per heavy atom. The number of rotatable bonds is 6. The summed E-state index contributed by atoms with van der Waals surface area (Å²) in [5, 5.41) is 6.12. The molecule has 2 aliphatic heterocycles. The summed E-state index contributed by atoms with van der Waals surface area (Å²) in [5.74, 6) is -1.70. The molecule has 0 saturated carbocycles. The van der Waals surface area contributed by atoms with Gasteiger partial charge in [0.15, 0.2) is 0 Å². The molecule has 0 saturated heterocycles. The van der Waals surface area contributed by atoms with Crippen molar-refractivity contribution in [1.82, 2.24) is 20.2 Å². The first-order valence-electron chi connectivity index (χ1n) is 14.1. The van der Waals surface area contributed by atoms with Crippen LogP contribution in [-0.4, -0.2) is 39.3 Å². The molecule has 0 spiro atoms. The van der Waals surface area contributed by atoms with Crippen LogP contribution < -0.4 is 10.1 Å². The van der Waals surface area contributed by atoms with Crippen molar-refractivity contribution >= 4 is 44.6 Å². The molecule has 5 aromatic rings. The van der Waals surface area contributed by atoms with Crippen LogP contribution in [0, 0.1) is 11.6 Å². The molecule has 7 nitrogen and oxygen atoms in total. The Labute approximate surface area is 259 Å². The van der Waals surface area contributed by atoms with Crippen LogP contribution in [0.2, 0.25) is 0 Å². The second kappa shape index (κ2) is 10.9. The molecule has 3 aromatic heterocycles. The number of hydrogen-bond donors (Lipinski definition) is 1. The lowest BCUT2D eigenvalue weighted by atomic mass is 9.96. The molecule has 222 valence electrons. The van der Waals surface area contributed by atoms with Crippen LogP contribution in [0.25, 0.3) is 43.2 Å². The summed E-state index contributed by atoms with van der Waals surface area (Å²) in [5.41, 5.74) is 4.84. The molecule has 0 bridgehead atoms. The quantitative estimate of drug-likeness (QED) is 0.202. The third-order valence-corrected chi connectivity index (χ3v) is 9.74. The molecule has 0 unspecified atom stereocenters. The summed E-state index contributed by atoms with van der Waals surface area (Å²) in [7, 11) is 0. The third-order valence-electron chi connectivity index (χ3n) is 7.72. The fourth-order valence-corrected chi connectivity index (χ4v) is 7.83. The number of aromatic nitrogens is 2. The van der Waals surface area contributed by atoms with Crippen molar-refractivity contribution in [3.8, 4) is 38.8 Å². The average molecular weight is 629 g/mol.